The molecule has 0 unspecified atom stereocenters. The molecule has 2 saturated heterocycles. The lowest BCUT2D eigenvalue weighted by Gasteiger charge is -2.24. The van der Waals surface area contributed by atoms with E-state index in [4.69, 9.17) is 0 Å². The SMILES string of the molecule is O=C(N[C@H]1CC[C@@H]2CN(c3ccccc3F)C[C@@H]21)[C@@H]1C[C@@H](F)CN1. The summed E-state index contributed by atoms with van der Waals surface area (Å²) in [4.78, 5) is 14.4. The summed E-state index contributed by atoms with van der Waals surface area (Å²) in [5.41, 5.74) is 0.648. The predicted octanol–water partition coefficient (Wildman–Crippen LogP) is 1.86. The third-order valence-corrected chi connectivity index (χ3v) is 5.77. The van der Waals surface area contributed by atoms with Crippen molar-refractivity contribution in [1.29, 1.82) is 0 Å². The Balaban J connectivity index is 1.40. The van der Waals surface area contributed by atoms with Crippen molar-refractivity contribution in [2.24, 2.45) is 11.8 Å². The van der Waals surface area contributed by atoms with E-state index in [9.17, 15) is 13.6 Å². The molecule has 2 heterocycles. The number of alkyl halides is 1. The van der Waals surface area contributed by atoms with Gasteiger partial charge in [-0.2, -0.15) is 0 Å². The molecule has 1 saturated carbocycles. The van der Waals surface area contributed by atoms with Crippen LogP contribution in [0.1, 0.15) is 19.3 Å². The Labute approximate surface area is 140 Å². The Morgan fingerprint density at radius 1 is 1.25 bits per heavy atom. The van der Waals surface area contributed by atoms with Crippen LogP contribution in [0.2, 0.25) is 0 Å². The summed E-state index contributed by atoms with van der Waals surface area (Å²) in [6, 6.07) is 6.55. The van der Waals surface area contributed by atoms with Gasteiger partial charge in [0.15, 0.2) is 0 Å². The zero-order valence-electron chi connectivity index (χ0n) is 13.6. The lowest BCUT2D eigenvalue weighted by molar-refractivity contribution is -0.123. The number of carbonyl (C=O) groups excluding carboxylic acids is 1. The van der Waals surface area contributed by atoms with E-state index in [0.29, 0.717) is 17.5 Å². The second kappa shape index (κ2) is 6.31. The standard InChI is InChI=1S/C18H23F2N3O/c19-12-7-16(21-8-12)18(24)22-15-6-5-11-9-23(10-13(11)15)17-4-2-1-3-14(17)20/h1-4,11-13,15-16,21H,5-10H2,(H,22,24)/t11-,12-,13+,15+,16+/m1/s1. The average molecular weight is 335 g/mol. The van der Waals surface area contributed by atoms with Crippen LogP contribution < -0.4 is 15.5 Å². The molecule has 3 fully saturated rings. The van der Waals surface area contributed by atoms with Crippen LogP contribution >= 0.6 is 0 Å². The van der Waals surface area contributed by atoms with Crippen LogP contribution in [-0.4, -0.2) is 43.8 Å². The van der Waals surface area contributed by atoms with Gasteiger partial charge in [0.05, 0.1) is 11.7 Å². The molecule has 2 N–H and O–H groups in total. The van der Waals surface area contributed by atoms with Crippen molar-refractivity contribution >= 4 is 11.6 Å². The van der Waals surface area contributed by atoms with Crippen LogP contribution in [0, 0.1) is 17.7 Å². The van der Waals surface area contributed by atoms with Crippen LogP contribution in [-0.2, 0) is 4.79 Å². The first-order valence-electron chi connectivity index (χ1n) is 8.79. The molecule has 5 atom stereocenters. The molecule has 3 aliphatic rings. The monoisotopic (exact) mass is 335 g/mol. The van der Waals surface area contributed by atoms with Gasteiger partial charge in [0.2, 0.25) is 5.91 Å². The van der Waals surface area contributed by atoms with E-state index in [1.807, 2.05) is 12.1 Å². The molecule has 130 valence electrons. The highest BCUT2D eigenvalue weighted by Gasteiger charge is 2.44. The lowest BCUT2D eigenvalue weighted by atomic mass is 9.97. The number of anilines is 1. The second-order valence-corrected chi connectivity index (χ2v) is 7.27. The Kier molecular flexibility index (Phi) is 4.16. The Morgan fingerprint density at radius 2 is 2.08 bits per heavy atom. The minimum atomic E-state index is -0.930. The summed E-state index contributed by atoms with van der Waals surface area (Å²) in [5.74, 6) is 0.545. The van der Waals surface area contributed by atoms with Gasteiger partial charge in [-0.05, 0) is 30.9 Å². The molecule has 4 rings (SSSR count). The molecule has 0 radical (unpaired) electrons. The fourth-order valence-corrected chi connectivity index (χ4v) is 4.53. The van der Waals surface area contributed by atoms with E-state index < -0.39 is 12.2 Å². The van der Waals surface area contributed by atoms with E-state index in [0.717, 1.165) is 25.9 Å². The Morgan fingerprint density at radius 3 is 2.83 bits per heavy atom. The number of hydrogen-bond donors (Lipinski definition) is 2. The van der Waals surface area contributed by atoms with Crippen molar-refractivity contribution in [3.63, 3.8) is 0 Å². The maximum absolute atomic E-state index is 14.0. The van der Waals surface area contributed by atoms with E-state index in [1.165, 1.54) is 6.07 Å². The number of benzene rings is 1. The zero-order valence-corrected chi connectivity index (χ0v) is 13.6. The van der Waals surface area contributed by atoms with Gasteiger partial charge in [-0.25, -0.2) is 8.78 Å². The van der Waals surface area contributed by atoms with Crippen LogP contribution in [0.5, 0.6) is 0 Å². The van der Waals surface area contributed by atoms with Crippen molar-refractivity contribution < 1.29 is 13.6 Å². The first-order valence-corrected chi connectivity index (χ1v) is 8.79. The Hall–Kier alpha value is -1.69. The van der Waals surface area contributed by atoms with Gasteiger partial charge in [0, 0.05) is 38.0 Å². The van der Waals surface area contributed by atoms with Crippen LogP contribution in [0.15, 0.2) is 24.3 Å². The number of rotatable bonds is 3. The van der Waals surface area contributed by atoms with Crippen LogP contribution in [0.25, 0.3) is 0 Å². The lowest BCUT2D eigenvalue weighted by Crippen LogP contribution is -2.47. The molecule has 1 amide bonds. The highest BCUT2D eigenvalue weighted by atomic mass is 19.1. The minimum absolute atomic E-state index is 0.0925. The van der Waals surface area contributed by atoms with Gasteiger partial charge in [0.25, 0.3) is 0 Å². The topological polar surface area (TPSA) is 44.4 Å². The van der Waals surface area contributed by atoms with Crippen molar-refractivity contribution in [1.82, 2.24) is 10.6 Å². The van der Waals surface area contributed by atoms with Crippen molar-refractivity contribution in [3.8, 4) is 0 Å². The van der Waals surface area contributed by atoms with Gasteiger partial charge < -0.3 is 15.5 Å². The minimum Gasteiger partial charge on any atom is -0.369 e. The smallest absolute Gasteiger partial charge is 0.237 e. The van der Waals surface area contributed by atoms with E-state index in [1.54, 1.807) is 6.07 Å². The first kappa shape index (κ1) is 15.8. The average Bonchev–Trinajstić information content (AvgIpc) is 3.25. The molecule has 1 aromatic rings. The highest BCUT2D eigenvalue weighted by molar-refractivity contribution is 5.82. The van der Waals surface area contributed by atoms with E-state index in [2.05, 4.69) is 15.5 Å². The molecule has 0 bridgehead atoms. The number of fused-ring (bicyclic) bond motifs is 1. The molecular weight excluding hydrogens is 312 g/mol. The van der Waals surface area contributed by atoms with Gasteiger partial charge in [-0.3, -0.25) is 4.79 Å². The summed E-state index contributed by atoms with van der Waals surface area (Å²) in [5, 5.41) is 6.05. The van der Waals surface area contributed by atoms with Crippen LogP contribution in [0.4, 0.5) is 14.5 Å². The molecule has 6 heteroatoms. The number of hydrogen-bond acceptors (Lipinski definition) is 3. The third-order valence-electron chi connectivity index (χ3n) is 5.77. The normalized spacial score (nSPS) is 35.2. The van der Waals surface area contributed by atoms with E-state index >= 15 is 0 Å². The summed E-state index contributed by atoms with van der Waals surface area (Å²) in [6.07, 6.45) is 1.33. The molecule has 1 aliphatic carbocycles. The number of halogens is 2. The summed E-state index contributed by atoms with van der Waals surface area (Å²) in [6.45, 7) is 1.86. The maximum atomic E-state index is 14.0. The summed E-state index contributed by atoms with van der Waals surface area (Å²) in [7, 11) is 0. The van der Waals surface area contributed by atoms with Gasteiger partial charge in [0.1, 0.15) is 12.0 Å². The summed E-state index contributed by atoms with van der Waals surface area (Å²) < 4.78 is 27.3. The largest absolute Gasteiger partial charge is 0.369 e. The van der Waals surface area contributed by atoms with Gasteiger partial charge in [-0.1, -0.05) is 12.1 Å². The third kappa shape index (κ3) is 2.88. The zero-order chi connectivity index (χ0) is 16.7. The maximum Gasteiger partial charge on any atom is 0.237 e. The fourth-order valence-electron chi connectivity index (χ4n) is 4.53. The van der Waals surface area contributed by atoms with Crippen LogP contribution in [0.3, 0.4) is 0 Å². The summed E-state index contributed by atoms with van der Waals surface area (Å²) >= 11 is 0. The van der Waals surface area contributed by atoms with Gasteiger partial charge in [-0.15, -0.1) is 0 Å². The highest BCUT2D eigenvalue weighted by Crippen LogP contribution is 2.40. The molecule has 2 aliphatic heterocycles. The predicted molar refractivity (Wildman–Crippen MR) is 88.1 cm³/mol. The van der Waals surface area contributed by atoms with Gasteiger partial charge >= 0.3 is 0 Å². The molecule has 24 heavy (non-hydrogen) atoms. The number of nitrogens with one attached hydrogen (secondary N) is 2. The number of amides is 1. The molecule has 0 aromatic heterocycles. The molecule has 0 spiro atoms. The number of carbonyl (C=O) groups is 1. The van der Waals surface area contributed by atoms with Crippen molar-refractivity contribution in [2.75, 3.05) is 24.5 Å². The number of para-hydroxylation sites is 1. The van der Waals surface area contributed by atoms with Crippen molar-refractivity contribution in [2.45, 2.75) is 37.5 Å². The molecular formula is C18H23F2N3O. The van der Waals surface area contributed by atoms with E-state index in [-0.39, 0.29) is 30.7 Å². The number of nitrogens with zero attached hydrogens (tertiary/aromatic N) is 1. The van der Waals surface area contributed by atoms with Crippen molar-refractivity contribution in [3.05, 3.63) is 30.1 Å². The first-order chi connectivity index (χ1) is 11.6. The second-order valence-electron chi connectivity index (χ2n) is 7.27. The quantitative estimate of drug-likeness (QED) is 0.886. The molecule has 4 nitrogen and oxygen atoms in total. The Bertz CT molecular complexity index is 626. The molecule has 1 aromatic carbocycles. The fraction of sp³-hybridized carbons (Fsp3) is 0.611.